The lowest BCUT2D eigenvalue weighted by molar-refractivity contribution is -0.145. The molecule has 1 saturated heterocycles. The first-order valence-corrected chi connectivity index (χ1v) is 8.60. The molecule has 146 valence electrons. The van der Waals surface area contributed by atoms with E-state index in [0.717, 1.165) is 29.5 Å². The van der Waals surface area contributed by atoms with Crippen molar-refractivity contribution in [2.24, 2.45) is 16.8 Å². The lowest BCUT2D eigenvalue weighted by atomic mass is 9.99. The number of guanidine groups is 1. The highest BCUT2D eigenvalue weighted by Gasteiger charge is 2.36. The van der Waals surface area contributed by atoms with Crippen LogP contribution in [0.1, 0.15) is 12.5 Å². The van der Waals surface area contributed by atoms with Crippen molar-refractivity contribution in [3.63, 3.8) is 0 Å². The molecule has 0 spiro atoms. The standard InChI is InChI=1S/C18H24N6O2.HI/c1-12-9-24(10-15(12)17(25)26-3)18(19-2)20-8-13-5-4-6-14(7-13)16-21-11-22-23-16;/h4-7,11-12,15H,8-10H2,1-3H3,(H,19,20)(H,21,22,23);1H. The van der Waals surface area contributed by atoms with E-state index in [9.17, 15) is 4.79 Å². The van der Waals surface area contributed by atoms with Crippen LogP contribution in [0.25, 0.3) is 11.4 Å². The van der Waals surface area contributed by atoms with Gasteiger partial charge < -0.3 is 15.0 Å². The van der Waals surface area contributed by atoms with Gasteiger partial charge in [-0.2, -0.15) is 5.10 Å². The minimum atomic E-state index is -0.157. The highest BCUT2D eigenvalue weighted by Crippen LogP contribution is 2.24. The third-order valence-corrected chi connectivity index (χ3v) is 4.69. The fourth-order valence-electron chi connectivity index (χ4n) is 3.28. The van der Waals surface area contributed by atoms with E-state index in [1.165, 1.54) is 13.4 Å². The molecule has 2 N–H and O–H groups in total. The van der Waals surface area contributed by atoms with E-state index < -0.39 is 0 Å². The molecule has 2 unspecified atom stereocenters. The zero-order chi connectivity index (χ0) is 18.5. The first-order valence-electron chi connectivity index (χ1n) is 8.60. The third kappa shape index (κ3) is 4.96. The first kappa shape index (κ1) is 21.1. The molecule has 2 heterocycles. The average Bonchev–Trinajstić information content (AvgIpc) is 3.32. The predicted molar refractivity (Wildman–Crippen MR) is 114 cm³/mol. The molecule has 1 aliphatic heterocycles. The topological polar surface area (TPSA) is 95.5 Å². The van der Waals surface area contributed by atoms with Gasteiger partial charge in [0, 0.05) is 32.2 Å². The maximum atomic E-state index is 11.9. The number of carbonyl (C=O) groups excluding carboxylic acids is 1. The number of carbonyl (C=O) groups is 1. The van der Waals surface area contributed by atoms with Crippen LogP contribution in [0.4, 0.5) is 0 Å². The van der Waals surface area contributed by atoms with E-state index >= 15 is 0 Å². The van der Waals surface area contributed by atoms with Gasteiger partial charge in [-0.1, -0.05) is 25.1 Å². The summed E-state index contributed by atoms with van der Waals surface area (Å²) in [5, 5.41) is 10.1. The smallest absolute Gasteiger partial charge is 0.310 e. The number of hydrogen-bond donors (Lipinski definition) is 2. The number of nitrogens with one attached hydrogen (secondary N) is 2. The Balaban J connectivity index is 0.00000261. The van der Waals surface area contributed by atoms with Gasteiger partial charge >= 0.3 is 5.97 Å². The lowest BCUT2D eigenvalue weighted by Gasteiger charge is -2.21. The molecule has 0 amide bonds. The van der Waals surface area contributed by atoms with Gasteiger partial charge in [0.25, 0.3) is 0 Å². The minimum absolute atomic E-state index is 0. The number of likely N-dealkylation sites (tertiary alicyclic amines) is 1. The molecule has 1 aliphatic rings. The molecule has 1 aromatic heterocycles. The molecular weight excluding hydrogens is 459 g/mol. The summed E-state index contributed by atoms with van der Waals surface area (Å²) in [5.74, 6) is 1.48. The molecule has 0 aliphatic carbocycles. The van der Waals surface area contributed by atoms with Crippen molar-refractivity contribution in [1.82, 2.24) is 25.4 Å². The summed E-state index contributed by atoms with van der Waals surface area (Å²) in [7, 11) is 3.19. The number of nitrogens with zero attached hydrogens (tertiary/aromatic N) is 4. The number of ether oxygens (including phenoxy) is 1. The number of aromatic nitrogens is 3. The lowest BCUT2D eigenvalue weighted by Crippen LogP contribution is -2.40. The number of halogens is 1. The molecule has 0 radical (unpaired) electrons. The van der Waals surface area contributed by atoms with Crippen LogP contribution in [-0.2, 0) is 16.1 Å². The number of hydrogen-bond acceptors (Lipinski definition) is 5. The number of benzene rings is 1. The number of rotatable bonds is 4. The summed E-state index contributed by atoms with van der Waals surface area (Å²) >= 11 is 0. The van der Waals surface area contributed by atoms with Crippen LogP contribution in [0.15, 0.2) is 35.6 Å². The second-order valence-corrected chi connectivity index (χ2v) is 6.45. The number of aliphatic imine (C=N–C) groups is 1. The number of esters is 1. The molecule has 0 saturated carbocycles. The molecule has 0 bridgehead atoms. The van der Waals surface area contributed by atoms with Gasteiger partial charge in [-0.15, -0.1) is 24.0 Å². The van der Waals surface area contributed by atoms with Crippen LogP contribution >= 0.6 is 24.0 Å². The molecule has 1 fully saturated rings. The third-order valence-electron chi connectivity index (χ3n) is 4.69. The molecule has 27 heavy (non-hydrogen) atoms. The fraction of sp³-hybridized carbons (Fsp3) is 0.444. The first-order chi connectivity index (χ1) is 12.6. The van der Waals surface area contributed by atoms with Crippen LogP contribution in [0.5, 0.6) is 0 Å². The predicted octanol–water partition coefficient (Wildman–Crippen LogP) is 1.91. The average molecular weight is 484 g/mol. The largest absolute Gasteiger partial charge is 0.469 e. The van der Waals surface area contributed by atoms with Gasteiger partial charge in [0.1, 0.15) is 6.33 Å². The molecule has 9 heteroatoms. The molecule has 1 aromatic carbocycles. The van der Waals surface area contributed by atoms with E-state index in [1.54, 1.807) is 7.05 Å². The highest BCUT2D eigenvalue weighted by molar-refractivity contribution is 14.0. The molecule has 2 atom stereocenters. The Hall–Kier alpha value is -2.17. The van der Waals surface area contributed by atoms with E-state index in [4.69, 9.17) is 4.74 Å². The van der Waals surface area contributed by atoms with Crippen LogP contribution in [0.3, 0.4) is 0 Å². The van der Waals surface area contributed by atoms with Crippen LogP contribution in [-0.4, -0.2) is 59.3 Å². The van der Waals surface area contributed by atoms with Crippen LogP contribution in [0.2, 0.25) is 0 Å². The van der Waals surface area contributed by atoms with Crippen molar-refractivity contribution in [3.05, 3.63) is 36.2 Å². The highest BCUT2D eigenvalue weighted by atomic mass is 127. The second-order valence-electron chi connectivity index (χ2n) is 6.45. The monoisotopic (exact) mass is 484 g/mol. The molecular formula is C18H25IN6O2. The Labute approximate surface area is 175 Å². The summed E-state index contributed by atoms with van der Waals surface area (Å²) in [6.45, 7) is 4.08. The van der Waals surface area contributed by atoms with Gasteiger partial charge in [-0.05, 0) is 17.5 Å². The number of H-pyrrole nitrogens is 1. The Morgan fingerprint density at radius 2 is 2.26 bits per heavy atom. The number of methoxy groups -OCH3 is 1. The summed E-state index contributed by atoms with van der Waals surface area (Å²) in [4.78, 5) is 22.5. The normalized spacial score (nSPS) is 19.5. The molecule has 3 rings (SSSR count). The Bertz CT molecular complexity index is 780. The zero-order valence-corrected chi connectivity index (χ0v) is 18.0. The van der Waals surface area contributed by atoms with E-state index in [1.807, 2.05) is 18.2 Å². The van der Waals surface area contributed by atoms with Gasteiger partial charge in [-0.3, -0.25) is 14.9 Å². The molecule has 8 nitrogen and oxygen atoms in total. The summed E-state index contributed by atoms with van der Waals surface area (Å²) < 4.78 is 4.90. The van der Waals surface area contributed by atoms with E-state index in [-0.39, 0.29) is 41.8 Å². The molecule has 2 aromatic rings. The Morgan fingerprint density at radius 1 is 1.44 bits per heavy atom. The fourth-order valence-corrected chi connectivity index (χ4v) is 3.28. The maximum absolute atomic E-state index is 11.9. The van der Waals surface area contributed by atoms with Crippen molar-refractivity contribution >= 4 is 35.9 Å². The van der Waals surface area contributed by atoms with Gasteiger partial charge in [0.2, 0.25) is 0 Å². The summed E-state index contributed by atoms with van der Waals surface area (Å²) in [6, 6.07) is 8.08. The van der Waals surface area contributed by atoms with E-state index in [2.05, 4.69) is 43.4 Å². The van der Waals surface area contributed by atoms with Crippen molar-refractivity contribution in [1.29, 1.82) is 0 Å². The summed E-state index contributed by atoms with van der Waals surface area (Å²) in [6.07, 6.45) is 1.49. The van der Waals surface area contributed by atoms with Crippen LogP contribution in [0, 0.1) is 11.8 Å². The van der Waals surface area contributed by atoms with Crippen molar-refractivity contribution in [2.75, 3.05) is 27.2 Å². The minimum Gasteiger partial charge on any atom is -0.469 e. The second kappa shape index (κ2) is 9.67. The van der Waals surface area contributed by atoms with Gasteiger partial charge in [0.05, 0.1) is 13.0 Å². The SMILES string of the molecule is CN=C(NCc1cccc(-c2ncn[nH]2)c1)N1CC(C)C(C(=O)OC)C1.I. The van der Waals surface area contributed by atoms with Crippen molar-refractivity contribution in [3.8, 4) is 11.4 Å². The summed E-state index contributed by atoms with van der Waals surface area (Å²) in [5.41, 5.74) is 2.09. The van der Waals surface area contributed by atoms with E-state index in [0.29, 0.717) is 13.1 Å². The van der Waals surface area contributed by atoms with Gasteiger partial charge in [-0.25, -0.2) is 4.98 Å². The zero-order valence-electron chi connectivity index (χ0n) is 15.7. The Morgan fingerprint density at radius 3 is 2.93 bits per heavy atom. The van der Waals surface area contributed by atoms with Crippen LogP contribution < -0.4 is 5.32 Å². The van der Waals surface area contributed by atoms with Crippen molar-refractivity contribution in [2.45, 2.75) is 13.5 Å². The van der Waals surface area contributed by atoms with Gasteiger partial charge in [0.15, 0.2) is 11.8 Å². The number of aromatic amines is 1. The maximum Gasteiger partial charge on any atom is 0.310 e. The quantitative estimate of drug-likeness (QED) is 0.298. The van der Waals surface area contributed by atoms with Crippen molar-refractivity contribution < 1.29 is 9.53 Å². The Kier molecular flexibility index (Phi) is 7.57.